The van der Waals surface area contributed by atoms with Crippen molar-refractivity contribution in [3.63, 3.8) is 0 Å². The van der Waals surface area contributed by atoms with Crippen molar-refractivity contribution in [2.75, 3.05) is 39.3 Å². The number of carbonyl (C=O) groups is 7. The van der Waals surface area contributed by atoms with Crippen LogP contribution in [0.3, 0.4) is 0 Å². The van der Waals surface area contributed by atoms with Gasteiger partial charge in [0, 0.05) is 38.0 Å². The summed E-state index contributed by atoms with van der Waals surface area (Å²) in [6.07, 6.45) is 17.5. The summed E-state index contributed by atoms with van der Waals surface area (Å²) in [5, 5.41) is 37.5. The third kappa shape index (κ3) is 37.6. The number of nitriles is 1. The first-order valence-corrected chi connectivity index (χ1v) is 30.0. The number of primary amides is 1. The van der Waals surface area contributed by atoms with E-state index in [1.807, 2.05) is 83.1 Å². The van der Waals surface area contributed by atoms with Crippen molar-refractivity contribution in [3.05, 3.63) is 0 Å². The first kappa shape index (κ1) is 73.9. The van der Waals surface area contributed by atoms with E-state index in [0.29, 0.717) is 74.5 Å². The minimum Gasteiger partial charge on any atom is -0.481 e. The maximum atomic E-state index is 11.5. The van der Waals surface area contributed by atoms with Gasteiger partial charge in [0.25, 0.3) is 0 Å². The average Bonchev–Trinajstić information content (AvgIpc) is 3.38. The number of nitrogens with zero attached hydrogens (tertiary/aromatic N) is 1. The van der Waals surface area contributed by atoms with E-state index in [1.165, 1.54) is 12.8 Å². The second-order valence-electron chi connectivity index (χ2n) is 27.0. The highest BCUT2D eigenvalue weighted by Crippen LogP contribution is 2.32. The molecule has 5 fully saturated rings. The van der Waals surface area contributed by atoms with Gasteiger partial charge in [-0.3, -0.25) is 14.4 Å². The van der Waals surface area contributed by atoms with Gasteiger partial charge >= 0.3 is 36.3 Å². The standard InChI is InChI=1S/C13H24N2O3.C13H26N2O2.C13H22N2O2.C13H23NO4.C8H15NO2/c1-13(2,3)18-12(17)15-8-9-4-6-10(7-5-9)11(14)16;2*1-13(2,3)17-12(16)15-9-11-6-4-10(8-14)5-7-11;1-13(2,3)18-12(17)14-8-9-4-6-10(7-5-9)11(15)16;9-5-6-1-3-7(4-2-6)8(10)11/h9-10H,4-8H2,1-3H3,(H2,14,16)(H,15,17);10-11H,4-9,14H2,1-3H3,(H,15,16);10-11H,4-7,9H2,1-3H3,(H,15,16);9-10H,4-8H2,1-3H3,(H,14,17)(H,15,16);6-7H,1-5,9H2,(H,10,11). The van der Waals surface area contributed by atoms with Crippen molar-refractivity contribution < 1.29 is 62.7 Å². The Labute approximate surface area is 485 Å². The summed E-state index contributed by atoms with van der Waals surface area (Å²) in [6, 6.07) is 2.31. The topological polar surface area (TPSA) is 347 Å². The van der Waals surface area contributed by atoms with Crippen LogP contribution < -0.4 is 38.5 Å². The van der Waals surface area contributed by atoms with Gasteiger partial charge in [-0.2, -0.15) is 5.26 Å². The number of ether oxygens (including phenoxy) is 4. The minimum absolute atomic E-state index is 0.0165. The van der Waals surface area contributed by atoms with Crippen molar-refractivity contribution in [3.8, 4) is 6.07 Å². The average molecular weight is 1150 g/mol. The number of amides is 5. The van der Waals surface area contributed by atoms with Gasteiger partial charge in [-0.05, 0) is 260 Å². The lowest BCUT2D eigenvalue weighted by Crippen LogP contribution is -2.37. The number of carboxylic acid groups (broad SMARTS) is 2. The Morgan fingerprint density at radius 3 is 0.815 bits per heavy atom. The van der Waals surface area contributed by atoms with Gasteiger partial charge in [0.15, 0.2) is 0 Å². The van der Waals surface area contributed by atoms with Crippen LogP contribution >= 0.6 is 0 Å². The van der Waals surface area contributed by atoms with Crippen molar-refractivity contribution in [1.29, 1.82) is 5.26 Å². The van der Waals surface area contributed by atoms with Gasteiger partial charge in [0.2, 0.25) is 5.91 Å². The van der Waals surface area contributed by atoms with Crippen molar-refractivity contribution >= 4 is 42.2 Å². The fourth-order valence-electron chi connectivity index (χ4n) is 10.2. The third-order valence-electron chi connectivity index (χ3n) is 15.0. The van der Waals surface area contributed by atoms with Gasteiger partial charge in [-0.1, -0.05) is 0 Å². The monoisotopic (exact) mass is 1150 g/mol. The molecule has 0 spiro atoms. The van der Waals surface area contributed by atoms with Crippen LogP contribution in [0.15, 0.2) is 0 Å². The molecule has 0 unspecified atom stereocenters. The smallest absolute Gasteiger partial charge is 0.407 e. The lowest BCUT2D eigenvalue weighted by molar-refractivity contribution is -0.144. The molecule has 0 radical (unpaired) electrons. The Balaban J connectivity index is 0.000000510. The highest BCUT2D eigenvalue weighted by atomic mass is 16.6. The summed E-state index contributed by atoms with van der Waals surface area (Å²) in [4.78, 5) is 78.1. The molecule has 5 aliphatic rings. The van der Waals surface area contributed by atoms with Crippen LogP contribution in [0.25, 0.3) is 0 Å². The Morgan fingerprint density at radius 2 is 0.605 bits per heavy atom. The zero-order chi connectivity index (χ0) is 61.6. The molecule has 0 aromatic heterocycles. The summed E-state index contributed by atoms with van der Waals surface area (Å²) in [6.45, 7) is 26.2. The predicted molar refractivity (Wildman–Crippen MR) is 312 cm³/mol. The number of hydrogen-bond acceptors (Lipinski definition) is 14. The molecule has 5 rings (SSSR count). The zero-order valence-corrected chi connectivity index (χ0v) is 51.7. The quantitative estimate of drug-likeness (QED) is 0.0774. The molecule has 468 valence electrons. The van der Waals surface area contributed by atoms with Gasteiger partial charge in [-0.25, -0.2) is 19.2 Å². The molecular weight excluding hydrogens is 1040 g/mol. The van der Waals surface area contributed by atoms with Gasteiger partial charge in [-0.15, -0.1) is 0 Å². The Hall–Kier alpha value is -5.10. The van der Waals surface area contributed by atoms with Crippen molar-refractivity contribution in [1.82, 2.24) is 21.3 Å². The second kappa shape index (κ2) is 37.2. The molecule has 0 heterocycles. The molecule has 81 heavy (non-hydrogen) atoms. The van der Waals surface area contributed by atoms with E-state index in [-0.39, 0.29) is 47.9 Å². The summed E-state index contributed by atoms with van der Waals surface area (Å²) < 4.78 is 20.7. The van der Waals surface area contributed by atoms with Crippen LogP contribution in [-0.2, 0) is 33.3 Å². The lowest BCUT2D eigenvalue weighted by Gasteiger charge is -2.28. The molecule has 0 aromatic carbocycles. The van der Waals surface area contributed by atoms with E-state index < -0.39 is 40.4 Å². The Morgan fingerprint density at radius 1 is 0.395 bits per heavy atom. The van der Waals surface area contributed by atoms with Gasteiger partial charge in [0.05, 0.1) is 17.9 Å². The predicted octanol–water partition coefficient (Wildman–Crippen LogP) is 10.2. The first-order valence-electron chi connectivity index (χ1n) is 30.0. The van der Waals surface area contributed by atoms with Crippen molar-refractivity contribution in [2.24, 2.45) is 76.4 Å². The number of carbonyl (C=O) groups excluding carboxylic acids is 5. The maximum Gasteiger partial charge on any atom is 0.407 e. The maximum absolute atomic E-state index is 11.5. The summed E-state index contributed by atoms with van der Waals surface area (Å²) in [5.74, 6) is 1.52. The molecule has 5 amide bonds. The second-order valence-corrected chi connectivity index (χ2v) is 27.0. The molecule has 0 atom stereocenters. The van der Waals surface area contributed by atoms with Crippen LogP contribution in [-0.4, -0.2) is 114 Å². The number of hydrogen-bond donors (Lipinski definition) is 9. The van der Waals surface area contributed by atoms with Crippen molar-refractivity contribution in [2.45, 2.75) is 234 Å². The number of nitrogens with one attached hydrogen (secondary N) is 4. The highest BCUT2D eigenvalue weighted by molar-refractivity contribution is 5.76. The van der Waals surface area contributed by atoms with Gasteiger partial charge < -0.3 is 67.6 Å². The fourth-order valence-corrected chi connectivity index (χ4v) is 10.2. The van der Waals surface area contributed by atoms with Crippen LogP contribution in [0, 0.1) is 70.5 Å². The van der Waals surface area contributed by atoms with E-state index in [2.05, 4.69) is 27.3 Å². The fraction of sp³-hybridized carbons (Fsp3) is 0.867. The van der Waals surface area contributed by atoms with E-state index in [0.717, 1.165) is 116 Å². The number of carboxylic acids is 2. The van der Waals surface area contributed by atoms with E-state index >= 15 is 0 Å². The normalized spacial score (nSPS) is 25.7. The molecule has 0 aliphatic heterocycles. The molecule has 0 aromatic rings. The molecule has 21 nitrogen and oxygen atoms in total. The third-order valence-corrected chi connectivity index (χ3v) is 15.0. The van der Waals surface area contributed by atoms with Crippen LogP contribution in [0.1, 0.15) is 212 Å². The Bertz CT molecular complexity index is 1840. The zero-order valence-electron chi connectivity index (χ0n) is 51.7. The Kier molecular flexibility index (Phi) is 33.9. The van der Waals surface area contributed by atoms with E-state index in [4.69, 9.17) is 51.6 Å². The van der Waals surface area contributed by atoms with E-state index in [1.54, 1.807) is 0 Å². The SMILES string of the molecule is CC(C)(C)OC(=O)NCC1CCC(C#N)CC1.CC(C)(C)OC(=O)NCC1CCC(C(=O)O)CC1.CC(C)(C)OC(=O)NCC1CCC(C(N)=O)CC1.CC(C)(C)OC(=O)NCC1CCC(CN)CC1.NCC1CCC(C(=O)O)CC1. The number of aliphatic carboxylic acids is 2. The van der Waals surface area contributed by atoms with Crippen LogP contribution in [0.5, 0.6) is 0 Å². The number of alkyl carbamates (subject to hydrolysis) is 4. The largest absolute Gasteiger partial charge is 0.481 e. The summed E-state index contributed by atoms with van der Waals surface area (Å²) in [5.41, 5.74) is 14.6. The molecular formula is C60H110N8O13. The van der Waals surface area contributed by atoms with Gasteiger partial charge in [0.1, 0.15) is 22.4 Å². The summed E-state index contributed by atoms with van der Waals surface area (Å²) in [7, 11) is 0. The number of nitrogens with two attached hydrogens (primary N) is 3. The molecule has 5 aliphatic carbocycles. The highest BCUT2D eigenvalue weighted by Gasteiger charge is 2.29. The molecule has 5 saturated carbocycles. The minimum atomic E-state index is -0.700. The molecule has 0 saturated heterocycles. The molecule has 21 heteroatoms. The number of rotatable bonds is 13. The first-order chi connectivity index (χ1) is 37.6. The lowest BCUT2D eigenvalue weighted by atomic mass is 9.82. The van der Waals surface area contributed by atoms with Crippen LogP contribution in [0.4, 0.5) is 19.2 Å². The van der Waals surface area contributed by atoms with Crippen LogP contribution in [0.2, 0.25) is 0 Å². The van der Waals surface area contributed by atoms with E-state index in [9.17, 15) is 33.6 Å². The molecule has 0 bridgehead atoms. The molecule has 12 N–H and O–H groups in total. The summed E-state index contributed by atoms with van der Waals surface area (Å²) >= 11 is 0.